The van der Waals surface area contributed by atoms with Crippen LogP contribution in [0.1, 0.15) is 26.7 Å². The summed E-state index contributed by atoms with van der Waals surface area (Å²) in [6, 6.07) is 7.81. The standard InChI is InChI=1S/C19H23ClN4O/c1-19(2,12-25)6-4-8-21-17-10-13(9-16(20)24-17)15-11-23-18-14(15)5-3-7-22-18/h3,5,7,9-11,25H,4,6,8,12H2,1-2H3,(H,21,24)(H,22,23). The van der Waals surface area contributed by atoms with Crippen LogP contribution in [0.25, 0.3) is 22.2 Å². The molecule has 25 heavy (non-hydrogen) atoms. The lowest BCUT2D eigenvalue weighted by Gasteiger charge is -2.21. The molecule has 0 spiro atoms. The monoisotopic (exact) mass is 358 g/mol. The number of rotatable bonds is 7. The van der Waals surface area contributed by atoms with Crippen LogP contribution in [0.3, 0.4) is 0 Å². The lowest BCUT2D eigenvalue weighted by atomic mass is 9.89. The molecule has 0 aliphatic carbocycles. The zero-order valence-electron chi connectivity index (χ0n) is 14.5. The van der Waals surface area contributed by atoms with Crippen molar-refractivity contribution in [3.63, 3.8) is 0 Å². The minimum atomic E-state index is -0.0500. The van der Waals surface area contributed by atoms with E-state index in [4.69, 9.17) is 11.6 Å². The molecule has 3 aromatic rings. The van der Waals surface area contributed by atoms with E-state index >= 15 is 0 Å². The quantitative estimate of drug-likeness (QED) is 0.429. The first-order valence-electron chi connectivity index (χ1n) is 8.43. The summed E-state index contributed by atoms with van der Waals surface area (Å²) in [6.45, 7) is 5.11. The molecule has 0 amide bonds. The molecular formula is C19H23ClN4O. The summed E-state index contributed by atoms with van der Waals surface area (Å²) in [5, 5.41) is 14.2. The van der Waals surface area contributed by atoms with Crippen molar-refractivity contribution in [2.24, 2.45) is 5.41 Å². The summed E-state index contributed by atoms with van der Waals surface area (Å²) >= 11 is 6.22. The minimum Gasteiger partial charge on any atom is -0.396 e. The number of aliphatic hydroxyl groups is 1. The van der Waals surface area contributed by atoms with E-state index in [1.807, 2.05) is 30.5 Å². The van der Waals surface area contributed by atoms with Crippen molar-refractivity contribution in [1.29, 1.82) is 0 Å². The molecule has 3 rings (SSSR count). The topological polar surface area (TPSA) is 73.8 Å². The normalized spacial score (nSPS) is 11.8. The summed E-state index contributed by atoms with van der Waals surface area (Å²) in [5.41, 5.74) is 2.85. The highest BCUT2D eigenvalue weighted by molar-refractivity contribution is 6.29. The fourth-order valence-electron chi connectivity index (χ4n) is 2.80. The largest absolute Gasteiger partial charge is 0.396 e. The van der Waals surface area contributed by atoms with Crippen LogP contribution >= 0.6 is 11.6 Å². The third-order valence-electron chi connectivity index (χ3n) is 4.32. The van der Waals surface area contributed by atoms with Gasteiger partial charge in [0.05, 0.1) is 0 Å². The van der Waals surface area contributed by atoms with E-state index in [0.717, 1.165) is 47.4 Å². The molecule has 0 aromatic carbocycles. The SMILES string of the molecule is CC(C)(CO)CCCNc1cc(-c2c[nH]c3ncccc23)cc(Cl)n1. The number of halogens is 1. The molecule has 5 nitrogen and oxygen atoms in total. The highest BCUT2D eigenvalue weighted by atomic mass is 35.5. The Balaban J connectivity index is 1.75. The third kappa shape index (κ3) is 4.30. The lowest BCUT2D eigenvalue weighted by molar-refractivity contribution is 0.149. The van der Waals surface area contributed by atoms with Crippen molar-refractivity contribution in [1.82, 2.24) is 15.0 Å². The molecule has 0 bridgehead atoms. The molecule has 3 N–H and O–H groups in total. The van der Waals surface area contributed by atoms with Gasteiger partial charge in [-0.3, -0.25) is 0 Å². The summed E-state index contributed by atoms with van der Waals surface area (Å²) in [4.78, 5) is 11.9. The zero-order chi connectivity index (χ0) is 17.9. The first-order chi connectivity index (χ1) is 12.0. The van der Waals surface area contributed by atoms with Crippen molar-refractivity contribution < 1.29 is 5.11 Å². The predicted molar refractivity (Wildman–Crippen MR) is 103 cm³/mol. The molecule has 3 aromatic heterocycles. The number of hydrogen-bond donors (Lipinski definition) is 3. The van der Waals surface area contributed by atoms with Gasteiger partial charge in [0.1, 0.15) is 16.6 Å². The van der Waals surface area contributed by atoms with E-state index in [1.165, 1.54) is 0 Å². The number of pyridine rings is 2. The van der Waals surface area contributed by atoms with E-state index in [9.17, 15) is 5.11 Å². The van der Waals surface area contributed by atoms with Gasteiger partial charge in [-0.1, -0.05) is 25.4 Å². The van der Waals surface area contributed by atoms with E-state index in [2.05, 4.69) is 34.1 Å². The first kappa shape index (κ1) is 17.7. The minimum absolute atomic E-state index is 0.0500. The zero-order valence-corrected chi connectivity index (χ0v) is 15.3. The van der Waals surface area contributed by atoms with Crippen LogP contribution in [0.15, 0.2) is 36.7 Å². The van der Waals surface area contributed by atoms with Crippen LogP contribution in [0.5, 0.6) is 0 Å². The number of anilines is 1. The van der Waals surface area contributed by atoms with Crippen molar-refractivity contribution in [3.05, 3.63) is 41.8 Å². The molecule has 0 saturated heterocycles. The third-order valence-corrected chi connectivity index (χ3v) is 4.51. The number of aliphatic hydroxyl groups excluding tert-OH is 1. The maximum atomic E-state index is 9.32. The lowest BCUT2D eigenvalue weighted by Crippen LogP contribution is -2.18. The Bertz CT molecular complexity index is 860. The Morgan fingerprint density at radius 2 is 2.16 bits per heavy atom. The molecule has 0 radical (unpaired) electrons. The van der Waals surface area contributed by atoms with E-state index in [-0.39, 0.29) is 12.0 Å². The van der Waals surface area contributed by atoms with E-state index < -0.39 is 0 Å². The number of H-pyrrole nitrogens is 1. The van der Waals surface area contributed by atoms with Crippen molar-refractivity contribution in [2.45, 2.75) is 26.7 Å². The van der Waals surface area contributed by atoms with E-state index in [0.29, 0.717) is 5.15 Å². The van der Waals surface area contributed by atoms with Gasteiger partial charge in [-0.05, 0) is 48.1 Å². The predicted octanol–water partition coefficient (Wildman–Crippen LogP) is 4.49. The second-order valence-electron chi connectivity index (χ2n) is 7.02. The number of nitrogens with zero attached hydrogens (tertiary/aromatic N) is 2. The molecule has 0 aliphatic rings. The van der Waals surface area contributed by atoms with Gasteiger partial charge < -0.3 is 15.4 Å². The van der Waals surface area contributed by atoms with Gasteiger partial charge in [-0.25, -0.2) is 9.97 Å². The molecule has 0 atom stereocenters. The summed E-state index contributed by atoms with van der Waals surface area (Å²) < 4.78 is 0. The fraction of sp³-hybridized carbons (Fsp3) is 0.368. The first-order valence-corrected chi connectivity index (χ1v) is 8.81. The number of nitrogens with one attached hydrogen (secondary N) is 2. The smallest absolute Gasteiger partial charge is 0.137 e. The molecule has 0 unspecified atom stereocenters. The fourth-order valence-corrected chi connectivity index (χ4v) is 3.01. The molecular weight excluding hydrogens is 336 g/mol. The molecule has 3 heterocycles. The van der Waals surface area contributed by atoms with Crippen LogP contribution < -0.4 is 5.32 Å². The number of aromatic nitrogens is 3. The highest BCUT2D eigenvalue weighted by Gasteiger charge is 2.15. The van der Waals surface area contributed by atoms with Crippen LogP contribution in [0.2, 0.25) is 5.15 Å². The molecule has 132 valence electrons. The van der Waals surface area contributed by atoms with Crippen LogP contribution in [-0.4, -0.2) is 33.2 Å². The van der Waals surface area contributed by atoms with Gasteiger partial charge >= 0.3 is 0 Å². The Morgan fingerprint density at radius 3 is 2.96 bits per heavy atom. The summed E-state index contributed by atoms with van der Waals surface area (Å²) in [6.07, 6.45) is 5.60. The Hall–Kier alpha value is -2.11. The average Bonchev–Trinajstić information content (AvgIpc) is 3.02. The van der Waals surface area contributed by atoms with Gasteiger partial charge in [-0.2, -0.15) is 0 Å². The van der Waals surface area contributed by atoms with Crippen molar-refractivity contribution >= 4 is 28.5 Å². The van der Waals surface area contributed by atoms with Crippen LogP contribution in [-0.2, 0) is 0 Å². The summed E-state index contributed by atoms with van der Waals surface area (Å²) in [5.74, 6) is 0.752. The second-order valence-corrected chi connectivity index (χ2v) is 7.41. The molecule has 0 fully saturated rings. The summed E-state index contributed by atoms with van der Waals surface area (Å²) in [7, 11) is 0. The maximum Gasteiger partial charge on any atom is 0.137 e. The Labute approximate surface area is 152 Å². The maximum absolute atomic E-state index is 9.32. The Kier molecular flexibility index (Phi) is 5.25. The van der Waals surface area contributed by atoms with Crippen molar-refractivity contribution in [3.8, 4) is 11.1 Å². The number of fused-ring (bicyclic) bond motifs is 1. The van der Waals surface area contributed by atoms with Crippen LogP contribution in [0, 0.1) is 5.41 Å². The van der Waals surface area contributed by atoms with Gasteiger partial charge in [0.25, 0.3) is 0 Å². The second kappa shape index (κ2) is 7.42. The van der Waals surface area contributed by atoms with Crippen molar-refractivity contribution in [2.75, 3.05) is 18.5 Å². The highest BCUT2D eigenvalue weighted by Crippen LogP contribution is 2.30. The number of aromatic amines is 1. The van der Waals surface area contributed by atoms with Gasteiger partial charge in [0.2, 0.25) is 0 Å². The average molecular weight is 359 g/mol. The van der Waals surface area contributed by atoms with Gasteiger partial charge in [-0.15, -0.1) is 0 Å². The molecule has 0 aliphatic heterocycles. The Morgan fingerprint density at radius 1 is 1.32 bits per heavy atom. The van der Waals surface area contributed by atoms with Gasteiger partial charge in [0.15, 0.2) is 0 Å². The van der Waals surface area contributed by atoms with E-state index in [1.54, 1.807) is 6.20 Å². The molecule has 0 saturated carbocycles. The van der Waals surface area contributed by atoms with Crippen LogP contribution in [0.4, 0.5) is 5.82 Å². The number of hydrogen-bond acceptors (Lipinski definition) is 4. The van der Waals surface area contributed by atoms with Gasteiger partial charge in [0, 0.05) is 36.5 Å². The molecule has 6 heteroatoms.